The van der Waals surface area contributed by atoms with E-state index in [2.05, 4.69) is 10.3 Å². The minimum Gasteiger partial charge on any atom is -0.370 e. The maximum absolute atomic E-state index is 11.2. The number of para-hydroxylation sites is 1. The molecule has 1 unspecified atom stereocenters. The van der Waals surface area contributed by atoms with Crippen LogP contribution in [0.3, 0.4) is 0 Å². The molecule has 0 fully saturated rings. The fraction of sp³-hybridized carbons (Fsp3) is 0.231. The van der Waals surface area contributed by atoms with Crippen molar-refractivity contribution in [3.05, 3.63) is 50.5 Å². The van der Waals surface area contributed by atoms with E-state index in [0.717, 1.165) is 11.4 Å². The first kappa shape index (κ1) is 14.0. The van der Waals surface area contributed by atoms with Crippen LogP contribution in [0.1, 0.15) is 30.0 Å². The molecule has 1 aromatic heterocycles. The zero-order valence-corrected chi connectivity index (χ0v) is 11.6. The monoisotopic (exact) mass is 288 g/mol. The Morgan fingerprint density at radius 2 is 2.40 bits per heavy atom. The fourth-order valence-electron chi connectivity index (χ4n) is 1.88. The molecule has 0 aliphatic heterocycles. The number of nitrogens with one attached hydrogen (secondary N) is 1. The minimum atomic E-state index is -0.532. The van der Waals surface area contributed by atoms with Crippen LogP contribution in [0.2, 0.25) is 0 Å². The van der Waals surface area contributed by atoms with E-state index >= 15 is 0 Å². The zero-order chi connectivity index (χ0) is 14.5. The van der Waals surface area contributed by atoms with Crippen LogP contribution in [-0.2, 0) is 0 Å². The van der Waals surface area contributed by atoms with Crippen molar-refractivity contribution in [2.75, 3.05) is 5.32 Å². The van der Waals surface area contributed by atoms with Gasteiger partial charge in [-0.25, -0.2) is 4.98 Å². The third-order valence-electron chi connectivity index (χ3n) is 2.83. The van der Waals surface area contributed by atoms with Gasteiger partial charge in [0.15, 0.2) is 0 Å². The van der Waals surface area contributed by atoms with Crippen molar-refractivity contribution in [3.63, 3.8) is 0 Å². The maximum atomic E-state index is 11.2. The summed E-state index contributed by atoms with van der Waals surface area (Å²) in [5.41, 5.74) is 0.204. The molecule has 2 aromatic rings. The maximum Gasteiger partial charge on any atom is 0.309 e. The van der Waals surface area contributed by atoms with Crippen LogP contribution in [0.5, 0.6) is 0 Å². The van der Waals surface area contributed by atoms with E-state index in [4.69, 9.17) is 5.26 Å². The number of anilines is 1. The molecule has 0 saturated carbocycles. The summed E-state index contributed by atoms with van der Waals surface area (Å²) in [5.74, 6) is 0. The van der Waals surface area contributed by atoms with Crippen molar-refractivity contribution in [1.29, 1.82) is 5.26 Å². The molecule has 1 heterocycles. The number of hydrogen-bond donors (Lipinski definition) is 1. The van der Waals surface area contributed by atoms with E-state index < -0.39 is 4.92 Å². The van der Waals surface area contributed by atoms with Crippen LogP contribution in [0.25, 0.3) is 0 Å². The molecule has 0 aliphatic rings. The van der Waals surface area contributed by atoms with Crippen molar-refractivity contribution in [1.82, 2.24) is 4.98 Å². The first-order chi connectivity index (χ1) is 9.67. The van der Waals surface area contributed by atoms with E-state index in [1.807, 2.05) is 18.4 Å². The molecule has 2 rings (SSSR count). The van der Waals surface area contributed by atoms with Gasteiger partial charge in [-0.05, 0) is 18.6 Å². The summed E-state index contributed by atoms with van der Waals surface area (Å²) in [5, 5.41) is 26.0. The normalized spacial score (nSPS) is 11.6. The summed E-state index contributed by atoms with van der Waals surface area (Å²) in [7, 11) is 0. The summed E-state index contributed by atoms with van der Waals surface area (Å²) in [6, 6.07) is 6.41. The Kier molecular flexibility index (Phi) is 4.27. The van der Waals surface area contributed by atoms with Gasteiger partial charge in [0.25, 0.3) is 0 Å². The summed E-state index contributed by atoms with van der Waals surface area (Å²) in [6.07, 6.45) is 2.44. The lowest BCUT2D eigenvalue weighted by Crippen LogP contribution is -2.11. The molecule has 1 N–H and O–H groups in total. The van der Waals surface area contributed by atoms with Crippen LogP contribution in [0.15, 0.2) is 29.8 Å². The van der Waals surface area contributed by atoms with Gasteiger partial charge in [0.1, 0.15) is 22.3 Å². The van der Waals surface area contributed by atoms with E-state index in [0.29, 0.717) is 5.69 Å². The SMILES string of the molecule is CCC(Nc1cccc(C#N)c1[N+](=O)[O-])c1nccs1. The number of hydrogen-bond acceptors (Lipinski definition) is 6. The first-order valence-electron chi connectivity index (χ1n) is 6.00. The van der Waals surface area contributed by atoms with Crippen molar-refractivity contribution >= 4 is 22.7 Å². The van der Waals surface area contributed by atoms with Crippen molar-refractivity contribution in [2.24, 2.45) is 0 Å². The highest BCUT2D eigenvalue weighted by Crippen LogP contribution is 2.32. The van der Waals surface area contributed by atoms with Crippen molar-refractivity contribution in [2.45, 2.75) is 19.4 Å². The van der Waals surface area contributed by atoms with Crippen LogP contribution >= 0.6 is 11.3 Å². The molecule has 0 amide bonds. The van der Waals surface area contributed by atoms with Gasteiger partial charge in [-0.3, -0.25) is 10.1 Å². The predicted molar refractivity (Wildman–Crippen MR) is 76.6 cm³/mol. The lowest BCUT2D eigenvalue weighted by Gasteiger charge is -2.16. The van der Waals surface area contributed by atoms with E-state index in [-0.39, 0.29) is 17.3 Å². The van der Waals surface area contributed by atoms with Gasteiger partial charge in [-0.1, -0.05) is 13.0 Å². The minimum absolute atomic E-state index is 0.0500. The first-order valence-corrected chi connectivity index (χ1v) is 6.88. The second kappa shape index (κ2) is 6.12. The number of thiazole rings is 1. The van der Waals surface area contributed by atoms with E-state index in [1.165, 1.54) is 17.4 Å². The number of nitro benzene ring substituents is 1. The number of nitro groups is 1. The summed E-state index contributed by atoms with van der Waals surface area (Å²) in [4.78, 5) is 14.8. The molecule has 1 aromatic carbocycles. The molecular formula is C13H12N4O2S. The fourth-order valence-corrected chi connectivity index (χ4v) is 2.65. The van der Waals surface area contributed by atoms with Crippen LogP contribution in [0, 0.1) is 21.4 Å². The summed E-state index contributed by atoms with van der Waals surface area (Å²) < 4.78 is 0. The second-order valence-electron chi connectivity index (χ2n) is 4.05. The Balaban J connectivity index is 2.38. The molecule has 6 nitrogen and oxygen atoms in total. The van der Waals surface area contributed by atoms with Gasteiger partial charge in [0.2, 0.25) is 0 Å². The molecule has 0 radical (unpaired) electrons. The molecule has 0 aliphatic carbocycles. The molecule has 0 spiro atoms. The molecular weight excluding hydrogens is 276 g/mol. The second-order valence-corrected chi connectivity index (χ2v) is 4.97. The lowest BCUT2D eigenvalue weighted by molar-refractivity contribution is -0.384. The van der Waals surface area contributed by atoms with Gasteiger partial charge in [0, 0.05) is 11.6 Å². The Morgan fingerprint density at radius 1 is 1.60 bits per heavy atom. The number of nitriles is 1. The van der Waals surface area contributed by atoms with Gasteiger partial charge in [0.05, 0.1) is 11.0 Å². The number of rotatable bonds is 5. The average molecular weight is 288 g/mol. The number of nitrogens with zero attached hydrogens (tertiary/aromatic N) is 3. The molecule has 7 heteroatoms. The number of aromatic nitrogens is 1. The predicted octanol–water partition coefficient (Wildman–Crippen LogP) is 3.49. The summed E-state index contributed by atoms with van der Waals surface area (Å²) in [6.45, 7) is 1.97. The standard InChI is InChI=1S/C13H12N4O2S/c1-2-10(13-15-6-7-20-13)16-11-5-3-4-9(8-14)12(11)17(18)19/h3-7,10,16H,2H2,1H3. The molecule has 0 bridgehead atoms. The molecule has 20 heavy (non-hydrogen) atoms. The molecule has 0 saturated heterocycles. The highest BCUT2D eigenvalue weighted by molar-refractivity contribution is 7.09. The van der Waals surface area contributed by atoms with Crippen molar-refractivity contribution in [3.8, 4) is 6.07 Å². The third-order valence-corrected chi connectivity index (χ3v) is 3.72. The smallest absolute Gasteiger partial charge is 0.309 e. The Hall–Kier alpha value is -2.46. The van der Waals surface area contributed by atoms with Gasteiger partial charge >= 0.3 is 5.69 Å². The largest absolute Gasteiger partial charge is 0.370 e. The highest BCUT2D eigenvalue weighted by Gasteiger charge is 2.22. The van der Waals surface area contributed by atoms with Crippen LogP contribution < -0.4 is 5.32 Å². The molecule has 102 valence electrons. The van der Waals surface area contributed by atoms with E-state index in [9.17, 15) is 10.1 Å². The topological polar surface area (TPSA) is 91.8 Å². The van der Waals surface area contributed by atoms with Crippen LogP contribution in [-0.4, -0.2) is 9.91 Å². The Morgan fingerprint density at radius 3 is 2.95 bits per heavy atom. The zero-order valence-electron chi connectivity index (χ0n) is 10.7. The highest BCUT2D eigenvalue weighted by atomic mass is 32.1. The lowest BCUT2D eigenvalue weighted by atomic mass is 10.1. The van der Waals surface area contributed by atoms with Gasteiger partial charge in [-0.2, -0.15) is 5.26 Å². The van der Waals surface area contributed by atoms with Gasteiger partial charge < -0.3 is 5.32 Å². The molecule has 1 atom stereocenters. The third kappa shape index (κ3) is 2.75. The number of benzene rings is 1. The summed E-state index contributed by atoms with van der Waals surface area (Å²) >= 11 is 1.49. The average Bonchev–Trinajstić information content (AvgIpc) is 2.97. The Labute approximate surface area is 119 Å². The quantitative estimate of drug-likeness (QED) is 0.671. The van der Waals surface area contributed by atoms with Crippen LogP contribution in [0.4, 0.5) is 11.4 Å². The Bertz CT molecular complexity index is 649. The van der Waals surface area contributed by atoms with E-state index in [1.54, 1.807) is 18.3 Å². The van der Waals surface area contributed by atoms with Gasteiger partial charge in [-0.15, -0.1) is 11.3 Å². The van der Waals surface area contributed by atoms with Crippen molar-refractivity contribution < 1.29 is 4.92 Å².